The summed E-state index contributed by atoms with van der Waals surface area (Å²) < 4.78 is 2.34. The van der Waals surface area contributed by atoms with E-state index < -0.39 is 0 Å². The molecule has 1 amide bonds. The van der Waals surface area contributed by atoms with Gasteiger partial charge in [-0.25, -0.2) is 4.98 Å². The molecule has 5 heteroatoms. The molecule has 27 heavy (non-hydrogen) atoms. The SMILES string of the molecule is O=C(C1CCCN1)N1CCC(CCC2c3ccccc3-c3cncn32)CC1. The third-order valence-corrected chi connectivity index (χ3v) is 6.73. The molecule has 2 saturated heterocycles. The zero-order valence-corrected chi connectivity index (χ0v) is 15.8. The number of carbonyl (C=O) groups is 1. The fourth-order valence-electron chi connectivity index (χ4n) is 5.18. The van der Waals surface area contributed by atoms with Crippen molar-refractivity contribution >= 4 is 5.91 Å². The van der Waals surface area contributed by atoms with Crippen LogP contribution in [0.4, 0.5) is 0 Å². The van der Waals surface area contributed by atoms with Crippen molar-refractivity contribution in [3.63, 3.8) is 0 Å². The number of aromatic nitrogens is 2. The van der Waals surface area contributed by atoms with Crippen molar-refractivity contribution in [2.45, 2.75) is 50.6 Å². The fourth-order valence-corrected chi connectivity index (χ4v) is 5.18. The average molecular weight is 364 g/mol. The molecule has 2 fully saturated rings. The van der Waals surface area contributed by atoms with Gasteiger partial charge in [-0.2, -0.15) is 0 Å². The number of rotatable bonds is 4. The summed E-state index contributed by atoms with van der Waals surface area (Å²) in [6.45, 7) is 2.85. The van der Waals surface area contributed by atoms with Crippen LogP contribution < -0.4 is 5.32 Å². The molecule has 0 bridgehead atoms. The molecular formula is C22H28N4O. The molecule has 4 heterocycles. The molecule has 5 nitrogen and oxygen atoms in total. The molecule has 1 aromatic heterocycles. The number of likely N-dealkylation sites (tertiary alicyclic amines) is 1. The van der Waals surface area contributed by atoms with Crippen LogP contribution >= 0.6 is 0 Å². The maximum atomic E-state index is 12.6. The average Bonchev–Trinajstić information content (AvgIpc) is 3.44. The first-order chi connectivity index (χ1) is 13.3. The van der Waals surface area contributed by atoms with Crippen LogP contribution in [0.25, 0.3) is 11.3 Å². The summed E-state index contributed by atoms with van der Waals surface area (Å²) in [7, 11) is 0. The summed E-state index contributed by atoms with van der Waals surface area (Å²) >= 11 is 0. The van der Waals surface area contributed by atoms with E-state index in [1.807, 2.05) is 12.5 Å². The first-order valence-corrected chi connectivity index (χ1v) is 10.4. The molecule has 1 aromatic carbocycles. The summed E-state index contributed by atoms with van der Waals surface area (Å²) in [5, 5.41) is 3.34. The fraction of sp³-hybridized carbons (Fsp3) is 0.545. The van der Waals surface area contributed by atoms with E-state index in [9.17, 15) is 4.79 Å². The molecule has 2 atom stereocenters. The minimum absolute atomic E-state index is 0.0798. The lowest BCUT2D eigenvalue weighted by atomic mass is 9.88. The molecule has 0 saturated carbocycles. The molecule has 3 aliphatic heterocycles. The zero-order valence-electron chi connectivity index (χ0n) is 15.8. The van der Waals surface area contributed by atoms with Gasteiger partial charge in [0.1, 0.15) is 0 Å². The Morgan fingerprint density at radius 3 is 2.81 bits per heavy atom. The van der Waals surface area contributed by atoms with E-state index in [1.165, 1.54) is 23.2 Å². The van der Waals surface area contributed by atoms with E-state index in [0.717, 1.165) is 57.7 Å². The van der Waals surface area contributed by atoms with Crippen LogP contribution in [0.5, 0.6) is 0 Å². The molecule has 5 rings (SSSR count). The largest absolute Gasteiger partial charge is 0.341 e. The first kappa shape index (κ1) is 17.0. The van der Waals surface area contributed by atoms with Gasteiger partial charge in [0.25, 0.3) is 0 Å². The van der Waals surface area contributed by atoms with Crippen molar-refractivity contribution in [3.05, 3.63) is 42.4 Å². The van der Waals surface area contributed by atoms with Crippen molar-refractivity contribution in [1.29, 1.82) is 0 Å². The van der Waals surface area contributed by atoms with Crippen molar-refractivity contribution in [2.24, 2.45) is 5.92 Å². The highest BCUT2D eigenvalue weighted by atomic mass is 16.2. The molecule has 0 aliphatic carbocycles. The minimum atomic E-state index is 0.0798. The van der Waals surface area contributed by atoms with Crippen LogP contribution in [0.15, 0.2) is 36.8 Å². The number of hydrogen-bond donors (Lipinski definition) is 1. The van der Waals surface area contributed by atoms with Crippen LogP contribution in [0.2, 0.25) is 0 Å². The van der Waals surface area contributed by atoms with Crippen LogP contribution in [-0.2, 0) is 4.79 Å². The van der Waals surface area contributed by atoms with Crippen molar-refractivity contribution < 1.29 is 4.79 Å². The van der Waals surface area contributed by atoms with Gasteiger partial charge >= 0.3 is 0 Å². The van der Waals surface area contributed by atoms with Crippen LogP contribution in [-0.4, -0.2) is 46.0 Å². The quantitative estimate of drug-likeness (QED) is 0.906. The van der Waals surface area contributed by atoms with Gasteiger partial charge in [-0.15, -0.1) is 0 Å². The molecule has 142 valence electrons. The van der Waals surface area contributed by atoms with E-state index in [4.69, 9.17) is 0 Å². The number of nitrogens with one attached hydrogen (secondary N) is 1. The van der Waals surface area contributed by atoms with Gasteiger partial charge < -0.3 is 14.8 Å². The van der Waals surface area contributed by atoms with Gasteiger partial charge in [0.05, 0.1) is 30.3 Å². The number of nitrogens with zero attached hydrogens (tertiary/aromatic N) is 3. The Morgan fingerprint density at radius 2 is 2.00 bits per heavy atom. The highest BCUT2D eigenvalue weighted by molar-refractivity contribution is 5.82. The van der Waals surface area contributed by atoms with Gasteiger partial charge in [0.15, 0.2) is 0 Å². The van der Waals surface area contributed by atoms with E-state index in [1.54, 1.807) is 0 Å². The standard InChI is InChI=1S/C22H28N4O/c27-22(19-6-3-11-24-19)25-12-9-16(10-13-25)7-8-20-17-4-1-2-5-18(17)21-14-23-15-26(20)21/h1-2,4-5,14-16,19-20,24H,3,6-13H2. The maximum absolute atomic E-state index is 12.6. The van der Waals surface area contributed by atoms with Crippen LogP contribution in [0.3, 0.4) is 0 Å². The number of carbonyl (C=O) groups excluding carboxylic acids is 1. The molecule has 3 aliphatic rings. The second kappa shape index (κ2) is 7.12. The maximum Gasteiger partial charge on any atom is 0.239 e. The van der Waals surface area contributed by atoms with Gasteiger partial charge in [0, 0.05) is 18.7 Å². The smallest absolute Gasteiger partial charge is 0.239 e. The second-order valence-electron chi connectivity index (χ2n) is 8.28. The lowest BCUT2D eigenvalue weighted by Gasteiger charge is -2.34. The molecule has 0 radical (unpaired) electrons. The topological polar surface area (TPSA) is 50.2 Å². The Balaban J connectivity index is 1.18. The predicted octanol–water partition coefficient (Wildman–Crippen LogP) is 3.22. The molecular weight excluding hydrogens is 336 g/mol. The summed E-state index contributed by atoms with van der Waals surface area (Å²) in [5.41, 5.74) is 4.03. The Bertz CT molecular complexity index is 815. The number of piperidine rings is 1. The van der Waals surface area contributed by atoms with Crippen molar-refractivity contribution in [3.8, 4) is 11.3 Å². The van der Waals surface area contributed by atoms with E-state index in [0.29, 0.717) is 11.9 Å². The van der Waals surface area contributed by atoms with E-state index in [-0.39, 0.29) is 6.04 Å². The first-order valence-electron chi connectivity index (χ1n) is 10.4. The van der Waals surface area contributed by atoms with Crippen molar-refractivity contribution in [2.75, 3.05) is 19.6 Å². The van der Waals surface area contributed by atoms with Crippen molar-refractivity contribution in [1.82, 2.24) is 19.8 Å². The summed E-state index contributed by atoms with van der Waals surface area (Å²) in [6, 6.07) is 9.24. The number of fused-ring (bicyclic) bond motifs is 3. The summed E-state index contributed by atoms with van der Waals surface area (Å²) in [4.78, 5) is 19.0. The van der Waals surface area contributed by atoms with Gasteiger partial charge in [-0.1, -0.05) is 24.3 Å². The second-order valence-corrected chi connectivity index (χ2v) is 8.28. The Hall–Kier alpha value is -2.14. The number of imidazole rings is 1. The predicted molar refractivity (Wildman–Crippen MR) is 105 cm³/mol. The molecule has 1 N–H and O–H groups in total. The Labute approximate surface area is 160 Å². The molecule has 0 spiro atoms. The monoisotopic (exact) mass is 364 g/mol. The number of amides is 1. The summed E-state index contributed by atoms with van der Waals surface area (Å²) in [5.74, 6) is 1.06. The minimum Gasteiger partial charge on any atom is -0.341 e. The molecule has 2 unspecified atom stereocenters. The Morgan fingerprint density at radius 1 is 1.15 bits per heavy atom. The number of benzene rings is 1. The van der Waals surface area contributed by atoms with Crippen LogP contribution in [0, 0.1) is 5.92 Å². The molecule has 2 aromatic rings. The lowest BCUT2D eigenvalue weighted by molar-refractivity contribution is -0.134. The van der Waals surface area contributed by atoms with Gasteiger partial charge in [0.2, 0.25) is 5.91 Å². The third-order valence-electron chi connectivity index (χ3n) is 6.73. The van der Waals surface area contributed by atoms with E-state index >= 15 is 0 Å². The third kappa shape index (κ3) is 3.08. The van der Waals surface area contributed by atoms with Gasteiger partial charge in [-0.05, 0) is 56.6 Å². The van der Waals surface area contributed by atoms with Gasteiger partial charge in [-0.3, -0.25) is 4.79 Å². The zero-order chi connectivity index (χ0) is 18.2. The Kier molecular flexibility index (Phi) is 4.48. The highest BCUT2D eigenvalue weighted by Gasteiger charge is 2.31. The number of hydrogen-bond acceptors (Lipinski definition) is 3. The summed E-state index contributed by atoms with van der Waals surface area (Å²) in [6.07, 6.45) is 10.8. The normalized spacial score (nSPS) is 24.8. The van der Waals surface area contributed by atoms with Crippen LogP contribution in [0.1, 0.15) is 50.1 Å². The van der Waals surface area contributed by atoms with E-state index in [2.05, 4.69) is 44.0 Å². The highest BCUT2D eigenvalue weighted by Crippen LogP contribution is 2.42. The lowest BCUT2D eigenvalue weighted by Crippen LogP contribution is -2.47.